The smallest absolute Gasteiger partial charge is 0.305 e. The summed E-state index contributed by atoms with van der Waals surface area (Å²) in [5.74, 6) is -0.177. The van der Waals surface area contributed by atoms with E-state index in [1.165, 1.54) is 7.11 Å². The van der Waals surface area contributed by atoms with Crippen LogP contribution in [0.1, 0.15) is 18.4 Å². The Morgan fingerprint density at radius 2 is 2.25 bits per heavy atom. The molecule has 1 N–H and O–H groups in total. The molecule has 1 aromatic rings. The molecule has 0 aliphatic carbocycles. The van der Waals surface area contributed by atoms with E-state index < -0.39 is 0 Å². The van der Waals surface area contributed by atoms with Gasteiger partial charge in [-0.15, -0.1) is 0 Å². The summed E-state index contributed by atoms with van der Waals surface area (Å²) in [5.41, 5.74) is 2.03. The summed E-state index contributed by atoms with van der Waals surface area (Å²) in [5, 5.41) is 3.95. The molecule has 0 aromatic heterocycles. The fourth-order valence-electron chi connectivity index (χ4n) is 1.27. The van der Waals surface area contributed by atoms with E-state index >= 15 is 0 Å². The first-order valence-electron chi connectivity index (χ1n) is 5.20. The van der Waals surface area contributed by atoms with Crippen LogP contribution < -0.4 is 5.32 Å². The van der Waals surface area contributed by atoms with Crippen molar-refractivity contribution in [3.8, 4) is 0 Å². The lowest BCUT2D eigenvalue weighted by molar-refractivity contribution is -0.140. The number of ether oxygens (including phenoxy) is 1. The number of nitrogens with one attached hydrogen (secondary N) is 1. The van der Waals surface area contributed by atoms with Crippen molar-refractivity contribution in [2.45, 2.75) is 19.8 Å². The molecule has 4 heteroatoms. The van der Waals surface area contributed by atoms with Crippen LogP contribution in [0, 0.1) is 6.92 Å². The largest absolute Gasteiger partial charge is 0.469 e. The Hall–Kier alpha value is -1.22. The van der Waals surface area contributed by atoms with Crippen molar-refractivity contribution in [1.29, 1.82) is 0 Å². The summed E-state index contributed by atoms with van der Waals surface area (Å²) in [6.45, 7) is 2.69. The van der Waals surface area contributed by atoms with Gasteiger partial charge in [0.25, 0.3) is 0 Å². The van der Waals surface area contributed by atoms with Crippen molar-refractivity contribution in [1.82, 2.24) is 0 Å². The molecule has 0 aliphatic rings. The van der Waals surface area contributed by atoms with Gasteiger partial charge >= 0.3 is 5.97 Å². The molecular formula is C12H16ClNO2. The Morgan fingerprint density at radius 3 is 2.88 bits per heavy atom. The highest BCUT2D eigenvalue weighted by atomic mass is 35.5. The van der Waals surface area contributed by atoms with Gasteiger partial charge in [-0.05, 0) is 31.0 Å². The summed E-state index contributed by atoms with van der Waals surface area (Å²) in [6, 6.07) is 5.82. The molecule has 0 aliphatic heterocycles. The van der Waals surface area contributed by atoms with Gasteiger partial charge in [-0.2, -0.15) is 0 Å². The van der Waals surface area contributed by atoms with Crippen LogP contribution in [-0.4, -0.2) is 19.6 Å². The predicted octanol–water partition coefficient (Wildman–Crippen LogP) is 3.01. The van der Waals surface area contributed by atoms with Crippen LogP contribution in [0.2, 0.25) is 5.02 Å². The van der Waals surface area contributed by atoms with E-state index in [2.05, 4.69) is 10.1 Å². The van der Waals surface area contributed by atoms with Gasteiger partial charge in [-0.3, -0.25) is 4.79 Å². The van der Waals surface area contributed by atoms with E-state index in [-0.39, 0.29) is 5.97 Å². The number of rotatable bonds is 5. The Morgan fingerprint density at radius 1 is 1.50 bits per heavy atom. The normalized spacial score (nSPS) is 9.94. The van der Waals surface area contributed by atoms with Crippen LogP contribution in [0.25, 0.3) is 0 Å². The molecule has 1 rings (SSSR count). The summed E-state index contributed by atoms with van der Waals surface area (Å²) in [4.78, 5) is 10.9. The SMILES string of the molecule is COC(=O)CCCNc1ccc(C)c(Cl)c1. The maximum atomic E-state index is 10.9. The number of carbonyl (C=O) groups excluding carboxylic acids is 1. The van der Waals surface area contributed by atoms with Crippen molar-refractivity contribution >= 4 is 23.3 Å². The second-order valence-corrected chi connectivity index (χ2v) is 3.98. The minimum atomic E-state index is -0.177. The number of carbonyl (C=O) groups is 1. The van der Waals surface area contributed by atoms with Crippen LogP contribution in [0.15, 0.2) is 18.2 Å². The second kappa shape index (κ2) is 6.38. The third-order valence-electron chi connectivity index (χ3n) is 2.29. The average molecular weight is 242 g/mol. The summed E-state index contributed by atoms with van der Waals surface area (Å²) >= 11 is 5.99. The zero-order valence-corrected chi connectivity index (χ0v) is 10.3. The number of benzene rings is 1. The summed E-state index contributed by atoms with van der Waals surface area (Å²) in [6.07, 6.45) is 1.18. The van der Waals surface area contributed by atoms with Gasteiger partial charge in [-0.25, -0.2) is 0 Å². The molecule has 3 nitrogen and oxygen atoms in total. The van der Waals surface area contributed by atoms with Gasteiger partial charge in [0.05, 0.1) is 7.11 Å². The molecule has 0 atom stereocenters. The van der Waals surface area contributed by atoms with Crippen molar-refractivity contribution in [3.05, 3.63) is 28.8 Å². The van der Waals surface area contributed by atoms with Crippen LogP contribution in [-0.2, 0) is 9.53 Å². The van der Waals surface area contributed by atoms with E-state index in [4.69, 9.17) is 11.6 Å². The number of aryl methyl sites for hydroxylation is 1. The highest BCUT2D eigenvalue weighted by Gasteiger charge is 2.00. The zero-order chi connectivity index (χ0) is 12.0. The Labute approximate surface area is 101 Å². The predicted molar refractivity (Wildman–Crippen MR) is 65.9 cm³/mol. The molecule has 0 amide bonds. The molecule has 0 bridgehead atoms. The first kappa shape index (κ1) is 12.8. The van der Waals surface area contributed by atoms with Crippen LogP contribution in [0.5, 0.6) is 0 Å². The molecule has 0 saturated carbocycles. The highest BCUT2D eigenvalue weighted by Crippen LogP contribution is 2.19. The number of anilines is 1. The third-order valence-corrected chi connectivity index (χ3v) is 2.69. The van der Waals surface area contributed by atoms with Crippen molar-refractivity contribution in [2.24, 2.45) is 0 Å². The third kappa shape index (κ3) is 4.11. The van der Waals surface area contributed by atoms with Gasteiger partial charge in [-0.1, -0.05) is 17.7 Å². The average Bonchev–Trinajstić information content (AvgIpc) is 2.28. The minimum absolute atomic E-state index is 0.177. The molecule has 1 aromatic carbocycles. The van der Waals surface area contributed by atoms with Gasteiger partial charge in [0.15, 0.2) is 0 Å². The minimum Gasteiger partial charge on any atom is -0.469 e. The quantitative estimate of drug-likeness (QED) is 0.636. The first-order valence-corrected chi connectivity index (χ1v) is 5.58. The number of hydrogen-bond donors (Lipinski definition) is 1. The van der Waals surface area contributed by atoms with E-state index in [1.807, 2.05) is 25.1 Å². The topological polar surface area (TPSA) is 38.3 Å². The number of methoxy groups -OCH3 is 1. The Balaban J connectivity index is 2.32. The van der Waals surface area contributed by atoms with E-state index in [0.717, 1.165) is 29.2 Å². The highest BCUT2D eigenvalue weighted by molar-refractivity contribution is 6.31. The fraction of sp³-hybridized carbons (Fsp3) is 0.417. The van der Waals surface area contributed by atoms with E-state index in [9.17, 15) is 4.79 Å². The number of hydrogen-bond acceptors (Lipinski definition) is 3. The van der Waals surface area contributed by atoms with Crippen molar-refractivity contribution < 1.29 is 9.53 Å². The summed E-state index contributed by atoms with van der Waals surface area (Å²) < 4.78 is 4.55. The Kier molecular flexibility index (Phi) is 5.12. The van der Waals surface area contributed by atoms with Gasteiger partial charge in [0, 0.05) is 23.7 Å². The standard InChI is InChI=1S/C12H16ClNO2/c1-9-5-6-10(8-11(9)13)14-7-3-4-12(15)16-2/h5-6,8,14H,3-4,7H2,1-2H3. The number of esters is 1. The number of halogens is 1. The molecule has 0 heterocycles. The first-order chi connectivity index (χ1) is 7.63. The lowest BCUT2D eigenvalue weighted by atomic mass is 10.2. The van der Waals surface area contributed by atoms with Gasteiger partial charge < -0.3 is 10.1 Å². The molecule has 88 valence electrons. The van der Waals surface area contributed by atoms with E-state index in [1.54, 1.807) is 0 Å². The molecule has 0 radical (unpaired) electrons. The Bertz CT molecular complexity index is 366. The lowest BCUT2D eigenvalue weighted by Gasteiger charge is -2.07. The lowest BCUT2D eigenvalue weighted by Crippen LogP contribution is -2.06. The van der Waals surface area contributed by atoms with Crippen molar-refractivity contribution in [2.75, 3.05) is 19.0 Å². The molecule has 0 spiro atoms. The second-order valence-electron chi connectivity index (χ2n) is 3.57. The molecule has 0 unspecified atom stereocenters. The summed E-state index contributed by atoms with van der Waals surface area (Å²) in [7, 11) is 1.40. The van der Waals surface area contributed by atoms with Gasteiger partial charge in [0.2, 0.25) is 0 Å². The molecule has 0 saturated heterocycles. The monoisotopic (exact) mass is 241 g/mol. The van der Waals surface area contributed by atoms with Crippen molar-refractivity contribution in [3.63, 3.8) is 0 Å². The molecule has 0 fully saturated rings. The van der Waals surface area contributed by atoms with Crippen LogP contribution >= 0.6 is 11.6 Å². The maximum absolute atomic E-state index is 10.9. The molecular weight excluding hydrogens is 226 g/mol. The van der Waals surface area contributed by atoms with E-state index in [0.29, 0.717) is 6.42 Å². The van der Waals surface area contributed by atoms with Crippen LogP contribution in [0.4, 0.5) is 5.69 Å². The zero-order valence-electron chi connectivity index (χ0n) is 9.55. The fourth-order valence-corrected chi connectivity index (χ4v) is 1.45. The molecule has 16 heavy (non-hydrogen) atoms. The van der Waals surface area contributed by atoms with Crippen LogP contribution in [0.3, 0.4) is 0 Å². The van der Waals surface area contributed by atoms with Gasteiger partial charge in [0.1, 0.15) is 0 Å². The maximum Gasteiger partial charge on any atom is 0.305 e.